The summed E-state index contributed by atoms with van der Waals surface area (Å²) in [5, 5.41) is 13.2. The molecule has 11 nitrogen and oxygen atoms in total. The first-order valence-corrected chi connectivity index (χ1v) is 8.67. The minimum atomic E-state index is -0.596. The number of nitrogen functional groups attached to an aromatic ring is 1. The van der Waals surface area contributed by atoms with Crippen LogP contribution in [-0.2, 0) is 11.3 Å². The lowest BCUT2D eigenvalue weighted by atomic mass is 10.1. The molecule has 2 aromatic heterocycles. The molecule has 0 aliphatic carbocycles. The number of imidazole rings is 1. The van der Waals surface area contributed by atoms with Crippen molar-refractivity contribution < 1.29 is 14.6 Å². The largest absolute Gasteiger partial charge is 0.471 e. The Kier molecular flexibility index (Phi) is 4.94. The van der Waals surface area contributed by atoms with E-state index in [0.29, 0.717) is 24.2 Å². The molecule has 4 rings (SSSR count). The van der Waals surface area contributed by atoms with Crippen molar-refractivity contribution in [2.75, 3.05) is 12.3 Å². The quantitative estimate of drug-likeness (QED) is 0.374. The number of azide groups is 1. The molecule has 1 aromatic carbocycles. The Morgan fingerprint density at radius 2 is 2.18 bits per heavy atom. The molecule has 0 bridgehead atoms. The minimum absolute atomic E-state index is 0.0494. The summed E-state index contributed by atoms with van der Waals surface area (Å²) in [5.74, 6) is 0.327. The number of nitrogens with two attached hydrogens (primary N) is 1. The van der Waals surface area contributed by atoms with Crippen LogP contribution in [-0.4, -0.2) is 43.4 Å². The van der Waals surface area contributed by atoms with Crippen LogP contribution in [0.2, 0.25) is 0 Å². The van der Waals surface area contributed by atoms with Gasteiger partial charge in [0.2, 0.25) is 11.8 Å². The van der Waals surface area contributed by atoms with Gasteiger partial charge in [-0.3, -0.25) is 4.57 Å². The van der Waals surface area contributed by atoms with Gasteiger partial charge in [0.25, 0.3) is 0 Å². The SMILES string of the molecule is [N-]=[N+]=N[C@H]1C[C@H](n2cnc3nc(N)nc(OCc4ccccc4)c32)O[C@@H]1CO. The second-order valence-electron chi connectivity index (χ2n) is 6.31. The van der Waals surface area contributed by atoms with E-state index in [9.17, 15) is 5.11 Å². The fourth-order valence-corrected chi connectivity index (χ4v) is 3.21. The van der Waals surface area contributed by atoms with Gasteiger partial charge in [0, 0.05) is 11.3 Å². The van der Waals surface area contributed by atoms with Crippen molar-refractivity contribution in [3.63, 3.8) is 0 Å². The van der Waals surface area contributed by atoms with Crippen molar-refractivity contribution >= 4 is 17.1 Å². The van der Waals surface area contributed by atoms with Gasteiger partial charge in [-0.1, -0.05) is 35.4 Å². The zero-order chi connectivity index (χ0) is 19.5. The second kappa shape index (κ2) is 7.69. The van der Waals surface area contributed by atoms with Crippen molar-refractivity contribution in [1.29, 1.82) is 0 Å². The summed E-state index contributed by atoms with van der Waals surface area (Å²) in [6, 6.07) is 9.16. The van der Waals surface area contributed by atoms with Gasteiger partial charge in [-0.25, -0.2) is 4.98 Å². The molecule has 144 valence electrons. The monoisotopic (exact) mass is 382 g/mol. The van der Waals surface area contributed by atoms with Gasteiger partial charge in [0.05, 0.1) is 25.1 Å². The molecule has 3 N–H and O–H groups in total. The van der Waals surface area contributed by atoms with E-state index in [1.807, 2.05) is 30.3 Å². The molecular formula is C17H18N8O3. The van der Waals surface area contributed by atoms with Gasteiger partial charge >= 0.3 is 0 Å². The van der Waals surface area contributed by atoms with Gasteiger partial charge in [-0.2, -0.15) is 9.97 Å². The van der Waals surface area contributed by atoms with Crippen LogP contribution < -0.4 is 10.5 Å². The smallest absolute Gasteiger partial charge is 0.245 e. The Hall–Kier alpha value is -3.40. The van der Waals surface area contributed by atoms with Crippen LogP contribution >= 0.6 is 0 Å². The van der Waals surface area contributed by atoms with Crippen LogP contribution in [0.4, 0.5) is 5.95 Å². The maximum atomic E-state index is 9.49. The summed E-state index contributed by atoms with van der Waals surface area (Å²) in [5.41, 5.74) is 16.4. The molecule has 0 saturated carbocycles. The van der Waals surface area contributed by atoms with Crippen LogP contribution in [0.3, 0.4) is 0 Å². The molecule has 28 heavy (non-hydrogen) atoms. The van der Waals surface area contributed by atoms with Crippen LogP contribution in [0.5, 0.6) is 5.88 Å². The molecule has 1 fully saturated rings. The zero-order valence-electron chi connectivity index (χ0n) is 14.8. The second-order valence-corrected chi connectivity index (χ2v) is 6.31. The maximum absolute atomic E-state index is 9.49. The first-order valence-electron chi connectivity index (χ1n) is 8.67. The molecule has 3 aromatic rings. The van der Waals surface area contributed by atoms with Crippen molar-refractivity contribution in [2.45, 2.75) is 31.4 Å². The number of nitrogens with zero attached hydrogens (tertiary/aromatic N) is 7. The van der Waals surface area contributed by atoms with Crippen molar-refractivity contribution in [3.8, 4) is 5.88 Å². The van der Waals surface area contributed by atoms with Gasteiger partial charge in [0.15, 0.2) is 11.2 Å². The summed E-state index contributed by atoms with van der Waals surface area (Å²) in [4.78, 5) is 15.5. The summed E-state index contributed by atoms with van der Waals surface area (Å²) in [7, 11) is 0. The third-order valence-corrected chi connectivity index (χ3v) is 4.53. The molecule has 0 spiro atoms. The molecular weight excluding hydrogens is 364 g/mol. The predicted octanol–water partition coefficient (Wildman–Crippen LogP) is 1.95. The van der Waals surface area contributed by atoms with Crippen molar-refractivity contribution in [2.24, 2.45) is 5.11 Å². The molecule has 1 aliphatic heterocycles. The normalized spacial score (nSPS) is 21.5. The number of rotatable bonds is 6. The number of benzene rings is 1. The van der Waals surface area contributed by atoms with E-state index in [2.05, 4.69) is 25.0 Å². The van der Waals surface area contributed by atoms with Crippen LogP contribution in [0.25, 0.3) is 21.6 Å². The lowest BCUT2D eigenvalue weighted by molar-refractivity contribution is -0.0232. The first-order chi connectivity index (χ1) is 13.7. The Labute approximate surface area is 159 Å². The van der Waals surface area contributed by atoms with E-state index < -0.39 is 18.4 Å². The summed E-state index contributed by atoms with van der Waals surface area (Å²) >= 11 is 0. The number of hydrogen-bond donors (Lipinski definition) is 2. The zero-order valence-corrected chi connectivity index (χ0v) is 14.8. The lowest BCUT2D eigenvalue weighted by Gasteiger charge is -2.16. The third kappa shape index (κ3) is 3.41. The number of aliphatic hydroxyl groups excluding tert-OH is 1. The number of aromatic nitrogens is 4. The van der Waals surface area contributed by atoms with Crippen LogP contribution in [0.15, 0.2) is 41.8 Å². The van der Waals surface area contributed by atoms with Crippen molar-refractivity contribution in [3.05, 3.63) is 52.7 Å². The molecule has 0 unspecified atom stereocenters. The van der Waals surface area contributed by atoms with Crippen LogP contribution in [0, 0.1) is 0 Å². The molecule has 0 amide bonds. The third-order valence-electron chi connectivity index (χ3n) is 4.53. The number of fused-ring (bicyclic) bond motifs is 1. The van der Waals surface area contributed by atoms with Gasteiger partial charge in [-0.05, 0) is 11.1 Å². The molecule has 3 heterocycles. The molecule has 0 radical (unpaired) electrons. The standard InChI is InChI=1S/C17H18N8O3/c18-17-21-15-14(16(22-17)27-8-10-4-2-1-3-5-10)25(9-20-15)13-6-11(23-24-19)12(7-26)28-13/h1-5,9,11-13,26H,6-8H2,(H2,18,21,22)/t11-,12+,13+/m0/s1. The van der Waals surface area contributed by atoms with E-state index >= 15 is 0 Å². The highest BCUT2D eigenvalue weighted by Gasteiger charge is 2.36. The van der Waals surface area contributed by atoms with E-state index in [1.54, 1.807) is 10.9 Å². The summed E-state index contributed by atoms with van der Waals surface area (Å²) in [6.45, 7) is 0.0390. The lowest BCUT2D eigenvalue weighted by Crippen LogP contribution is -2.22. The van der Waals surface area contributed by atoms with Gasteiger partial charge < -0.3 is 20.3 Å². The average molecular weight is 382 g/mol. The number of aliphatic hydroxyl groups is 1. The maximum Gasteiger partial charge on any atom is 0.245 e. The summed E-state index contributed by atoms with van der Waals surface area (Å²) < 4.78 is 13.4. The van der Waals surface area contributed by atoms with Gasteiger partial charge in [-0.15, -0.1) is 0 Å². The molecule has 1 saturated heterocycles. The van der Waals surface area contributed by atoms with Crippen molar-refractivity contribution in [1.82, 2.24) is 19.5 Å². The number of anilines is 1. The highest BCUT2D eigenvalue weighted by atomic mass is 16.5. The summed E-state index contributed by atoms with van der Waals surface area (Å²) in [6.07, 6.45) is 0.820. The number of hydrogen-bond acceptors (Lipinski definition) is 8. The highest BCUT2D eigenvalue weighted by Crippen LogP contribution is 2.35. The minimum Gasteiger partial charge on any atom is -0.471 e. The topological polar surface area (TPSA) is 157 Å². The van der Waals surface area contributed by atoms with Crippen LogP contribution in [0.1, 0.15) is 18.2 Å². The molecule has 11 heteroatoms. The van der Waals surface area contributed by atoms with Gasteiger partial charge in [0.1, 0.15) is 12.8 Å². The van der Waals surface area contributed by atoms with E-state index in [1.165, 1.54) is 0 Å². The Morgan fingerprint density at radius 1 is 1.36 bits per heavy atom. The Bertz CT molecular complexity index is 1020. The Balaban J connectivity index is 1.67. The Morgan fingerprint density at radius 3 is 2.93 bits per heavy atom. The first kappa shape index (κ1) is 18.0. The highest BCUT2D eigenvalue weighted by molar-refractivity contribution is 5.77. The van der Waals surface area contributed by atoms with E-state index in [0.717, 1.165) is 5.56 Å². The molecule has 3 atom stereocenters. The average Bonchev–Trinajstić information content (AvgIpc) is 3.31. The number of ether oxygens (including phenoxy) is 2. The molecule has 1 aliphatic rings. The van der Waals surface area contributed by atoms with E-state index in [-0.39, 0.29) is 18.4 Å². The fraction of sp³-hybridized carbons (Fsp3) is 0.353. The fourth-order valence-electron chi connectivity index (χ4n) is 3.21. The van der Waals surface area contributed by atoms with E-state index in [4.69, 9.17) is 20.7 Å². The predicted molar refractivity (Wildman–Crippen MR) is 99.1 cm³/mol.